The Morgan fingerprint density at radius 3 is 2.73 bits per heavy atom. The quantitative estimate of drug-likeness (QED) is 0.388. The summed E-state index contributed by atoms with van der Waals surface area (Å²) < 4.78 is 7.32. The van der Waals surface area contributed by atoms with Gasteiger partial charge in [-0.3, -0.25) is 9.36 Å². The van der Waals surface area contributed by atoms with Crippen molar-refractivity contribution in [1.82, 2.24) is 14.8 Å². The van der Waals surface area contributed by atoms with Gasteiger partial charge in [0.25, 0.3) is 0 Å². The molecule has 0 unspecified atom stereocenters. The van der Waals surface area contributed by atoms with Crippen LogP contribution in [0.2, 0.25) is 0 Å². The summed E-state index contributed by atoms with van der Waals surface area (Å²) in [7, 11) is 1.68. The maximum absolute atomic E-state index is 12.8. The molecule has 0 saturated carbocycles. The van der Waals surface area contributed by atoms with Gasteiger partial charge in [0.1, 0.15) is 0 Å². The molecule has 0 saturated heterocycles. The Kier molecular flexibility index (Phi) is 6.65. The van der Waals surface area contributed by atoms with E-state index in [1.54, 1.807) is 7.11 Å². The number of hydrogen-bond acceptors (Lipinski definition) is 5. The van der Waals surface area contributed by atoms with Crippen molar-refractivity contribution in [1.29, 1.82) is 0 Å². The van der Waals surface area contributed by atoms with Crippen LogP contribution in [0.15, 0.2) is 47.6 Å². The van der Waals surface area contributed by atoms with E-state index in [-0.39, 0.29) is 5.78 Å². The van der Waals surface area contributed by atoms with Gasteiger partial charge in [0.2, 0.25) is 0 Å². The predicted octanol–water partition coefficient (Wildman–Crippen LogP) is 4.75. The number of aryl methyl sites for hydroxylation is 3. The zero-order chi connectivity index (χ0) is 20.9. The van der Waals surface area contributed by atoms with Crippen molar-refractivity contribution in [3.05, 3.63) is 64.7 Å². The second-order valence-corrected chi connectivity index (χ2v) is 8.67. The number of methoxy groups -OCH3 is 1. The fourth-order valence-corrected chi connectivity index (χ4v) is 4.76. The van der Waals surface area contributed by atoms with Gasteiger partial charge in [0.05, 0.1) is 18.9 Å². The molecular weight excluding hydrogens is 394 g/mol. The smallest absolute Gasteiger partial charge is 0.192 e. The van der Waals surface area contributed by atoms with E-state index in [4.69, 9.17) is 4.74 Å². The van der Waals surface area contributed by atoms with Gasteiger partial charge < -0.3 is 4.74 Å². The monoisotopic (exact) mass is 421 g/mol. The second kappa shape index (κ2) is 9.58. The summed E-state index contributed by atoms with van der Waals surface area (Å²) in [6, 6.07) is 14.4. The molecule has 1 aromatic heterocycles. The summed E-state index contributed by atoms with van der Waals surface area (Å²) in [5, 5.41) is 9.54. The molecule has 0 bridgehead atoms. The number of nitrogens with zero attached hydrogens (tertiary/aromatic N) is 3. The number of Topliss-reactive ketones (excluding diaryl/α,β-unsaturated/α-hetero) is 1. The molecule has 0 amide bonds. The molecule has 0 atom stereocenters. The van der Waals surface area contributed by atoms with Crippen molar-refractivity contribution in [2.24, 2.45) is 0 Å². The fourth-order valence-electron chi connectivity index (χ4n) is 3.90. The highest BCUT2D eigenvalue weighted by Crippen LogP contribution is 2.26. The normalized spacial score (nSPS) is 13.3. The molecule has 2 aromatic carbocycles. The summed E-state index contributed by atoms with van der Waals surface area (Å²) in [5.74, 6) is 1.28. The molecule has 30 heavy (non-hydrogen) atoms. The Morgan fingerprint density at radius 2 is 1.93 bits per heavy atom. The van der Waals surface area contributed by atoms with Crippen LogP contribution < -0.4 is 0 Å². The highest BCUT2D eigenvalue weighted by Gasteiger charge is 2.17. The van der Waals surface area contributed by atoms with Gasteiger partial charge in [-0.05, 0) is 55.9 Å². The van der Waals surface area contributed by atoms with Crippen LogP contribution in [0.25, 0.3) is 11.4 Å². The Balaban J connectivity index is 1.52. The molecule has 0 radical (unpaired) electrons. The summed E-state index contributed by atoms with van der Waals surface area (Å²) in [6.45, 7) is 3.26. The van der Waals surface area contributed by atoms with Crippen molar-refractivity contribution in [3.8, 4) is 11.4 Å². The number of thioether (sulfide) groups is 1. The number of aromatic nitrogens is 3. The molecule has 0 fully saturated rings. The van der Waals surface area contributed by atoms with Crippen molar-refractivity contribution >= 4 is 17.5 Å². The summed E-state index contributed by atoms with van der Waals surface area (Å²) in [4.78, 5) is 12.8. The van der Waals surface area contributed by atoms with Gasteiger partial charge in [-0.15, -0.1) is 10.2 Å². The number of benzene rings is 2. The third kappa shape index (κ3) is 4.65. The molecule has 3 aromatic rings. The van der Waals surface area contributed by atoms with E-state index in [1.165, 1.54) is 41.3 Å². The van der Waals surface area contributed by atoms with Crippen molar-refractivity contribution in [2.75, 3.05) is 19.5 Å². The summed E-state index contributed by atoms with van der Waals surface area (Å²) in [6.07, 6.45) is 4.66. The van der Waals surface area contributed by atoms with Crippen LogP contribution in [0, 0.1) is 6.92 Å². The maximum atomic E-state index is 12.8. The zero-order valence-corrected chi connectivity index (χ0v) is 18.4. The Labute approximate surface area is 181 Å². The lowest BCUT2D eigenvalue weighted by molar-refractivity contribution is 0.102. The van der Waals surface area contributed by atoms with E-state index in [0.717, 1.165) is 34.9 Å². The number of fused-ring (bicyclic) bond motifs is 1. The number of rotatable bonds is 8. The van der Waals surface area contributed by atoms with Crippen LogP contribution >= 0.6 is 11.8 Å². The molecule has 5 nitrogen and oxygen atoms in total. The average molecular weight is 422 g/mol. The molecule has 1 aliphatic rings. The third-order valence-electron chi connectivity index (χ3n) is 5.51. The molecule has 4 rings (SSSR count). The van der Waals surface area contributed by atoms with Crippen LogP contribution in [0.3, 0.4) is 0 Å². The highest BCUT2D eigenvalue weighted by atomic mass is 32.2. The molecule has 156 valence electrons. The first-order valence-electron chi connectivity index (χ1n) is 10.4. The molecule has 0 aliphatic heterocycles. The Bertz CT molecular complexity index is 1040. The molecule has 1 aliphatic carbocycles. The van der Waals surface area contributed by atoms with Crippen molar-refractivity contribution in [2.45, 2.75) is 44.3 Å². The highest BCUT2D eigenvalue weighted by molar-refractivity contribution is 7.99. The SMILES string of the molecule is COCCn1c(SCC(=O)c2ccc3c(c2)CCCC3)nnc1-c1cccc(C)c1. The number of carbonyl (C=O) groups is 1. The average Bonchev–Trinajstić information content (AvgIpc) is 3.18. The Hall–Kier alpha value is -2.44. The number of carbonyl (C=O) groups excluding carboxylic acids is 1. The van der Waals surface area contributed by atoms with Gasteiger partial charge >= 0.3 is 0 Å². The number of ether oxygens (including phenoxy) is 1. The third-order valence-corrected chi connectivity index (χ3v) is 6.48. The number of ketones is 1. The molecule has 1 heterocycles. The first kappa shape index (κ1) is 20.8. The van der Waals surface area contributed by atoms with Crippen LogP contribution in [0.4, 0.5) is 0 Å². The van der Waals surface area contributed by atoms with Gasteiger partial charge in [-0.2, -0.15) is 0 Å². The van der Waals surface area contributed by atoms with Crippen LogP contribution in [0.5, 0.6) is 0 Å². The second-order valence-electron chi connectivity index (χ2n) is 7.72. The lowest BCUT2D eigenvalue weighted by Gasteiger charge is -2.16. The van der Waals surface area contributed by atoms with Crippen LogP contribution in [0.1, 0.15) is 39.9 Å². The van der Waals surface area contributed by atoms with Crippen molar-refractivity contribution < 1.29 is 9.53 Å². The summed E-state index contributed by atoms with van der Waals surface area (Å²) >= 11 is 1.44. The lowest BCUT2D eigenvalue weighted by Crippen LogP contribution is -2.10. The van der Waals surface area contributed by atoms with E-state index < -0.39 is 0 Å². The van der Waals surface area contributed by atoms with E-state index in [9.17, 15) is 4.79 Å². The maximum Gasteiger partial charge on any atom is 0.192 e. The van der Waals surface area contributed by atoms with E-state index >= 15 is 0 Å². The van der Waals surface area contributed by atoms with Crippen molar-refractivity contribution in [3.63, 3.8) is 0 Å². The van der Waals surface area contributed by atoms with Gasteiger partial charge in [-0.1, -0.05) is 47.7 Å². The zero-order valence-electron chi connectivity index (χ0n) is 17.6. The van der Waals surface area contributed by atoms with Gasteiger partial charge in [-0.25, -0.2) is 0 Å². The minimum Gasteiger partial charge on any atom is -0.383 e. The van der Waals surface area contributed by atoms with E-state index in [0.29, 0.717) is 18.9 Å². The van der Waals surface area contributed by atoms with Crippen LogP contribution in [-0.4, -0.2) is 40.0 Å². The molecule has 6 heteroatoms. The first-order valence-corrected chi connectivity index (χ1v) is 11.4. The minimum atomic E-state index is 0.131. The molecular formula is C24H27N3O2S. The van der Waals surface area contributed by atoms with E-state index in [2.05, 4.69) is 41.4 Å². The lowest BCUT2D eigenvalue weighted by atomic mass is 9.90. The minimum absolute atomic E-state index is 0.131. The fraction of sp³-hybridized carbons (Fsp3) is 0.375. The Morgan fingerprint density at radius 1 is 1.10 bits per heavy atom. The number of hydrogen-bond donors (Lipinski definition) is 0. The topological polar surface area (TPSA) is 57.0 Å². The van der Waals surface area contributed by atoms with Gasteiger partial charge in [0.15, 0.2) is 16.8 Å². The van der Waals surface area contributed by atoms with E-state index in [1.807, 2.05) is 22.8 Å². The summed E-state index contributed by atoms with van der Waals surface area (Å²) in [5.41, 5.74) is 5.72. The van der Waals surface area contributed by atoms with Crippen LogP contribution in [-0.2, 0) is 24.1 Å². The predicted molar refractivity (Wildman–Crippen MR) is 120 cm³/mol. The molecule has 0 N–H and O–H groups in total. The molecule has 0 spiro atoms. The largest absolute Gasteiger partial charge is 0.383 e. The standard InChI is InChI=1S/C24H27N3O2S/c1-17-6-5-9-21(14-17)23-25-26-24(27(23)12-13-29-2)30-16-22(28)20-11-10-18-7-3-4-8-19(18)15-20/h5-6,9-11,14-15H,3-4,7-8,12-13,16H2,1-2H3. The first-order chi connectivity index (χ1) is 14.7. The van der Waals surface area contributed by atoms with Gasteiger partial charge in [0, 0.05) is 18.2 Å².